The van der Waals surface area contributed by atoms with Gasteiger partial charge in [-0.25, -0.2) is 9.37 Å². The molecule has 0 bridgehead atoms. The third-order valence-corrected chi connectivity index (χ3v) is 8.65. The molecular weight excluding hydrogens is 632 g/mol. The zero-order valence-electron chi connectivity index (χ0n) is 26.3. The Morgan fingerprint density at radius 1 is 1.10 bits per heavy atom. The van der Waals surface area contributed by atoms with Crippen LogP contribution < -0.4 is 20.1 Å². The van der Waals surface area contributed by atoms with Gasteiger partial charge in [-0.2, -0.15) is 13.2 Å². The van der Waals surface area contributed by atoms with Crippen molar-refractivity contribution in [1.29, 1.82) is 0 Å². The van der Waals surface area contributed by atoms with E-state index < -0.39 is 47.1 Å². The zero-order valence-corrected chi connectivity index (χ0v) is 26.3. The number of aromatic nitrogens is 2. The van der Waals surface area contributed by atoms with Crippen LogP contribution in [0.3, 0.4) is 0 Å². The largest absolute Gasteiger partial charge is 0.489 e. The Morgan fingerprint density at radius 3 is 2.54 bits per heavy atom. The van der Waals surface area contributed by atoms with Gasteiger partial charge in [-0.15, -0.1) is 0 Å². The van der Waals surface area contributed by atoms with Gasteiger partial charge in [0.15, 0.2) is 0 Å². The van der Waals surface area contributed by atoms with Crippen LogP contribution in [0.2, 0.25) is 0 Å². The van der Waals surface area contributed by atoms with Crippen LogP contribution in [0.1, 0.15) is 61.1 Å². The Morgan fingerprint density at radius 2 is 1.85 bits per heavy atom. The van der Waals surface area contributed by atoms with Crippen molar-refractivity contribution in [3.05, 3.63) is 83.4 Å². The van der Waals surface area contributed by atoms with Crippen LogP contribution in [-0.4, -0.2) is 58.9 Å². The fourth-order valence-electron chi connectivity index (χ4n) is 5.55. The van der Waals surface area contributed by atoms with Gasteiger partial charge in [0.05, 0.1) is 18.3 Å². The monoisotopic (exact) mass is 666 g/mol. The molecule has 2 amide bonds. The number of benzene rings is 2. The van der Waals surface area contributed by atoms with Crippen molar-refractivity contribution >= 4 is 22.7 Å². The average Bonchev–Trinajstić information content (AvgIpc) is 3.82. The number of nitrogens with zero attached hydrogens (tertiary/aromatic N) is 2. The van der Waals surface area contributed by atoms with Crippen molar-refractivity contribution in [3.8, 4) is 22.8 Å². The van der Waals surface area contributed by atoms with Crippen LogP contribution in [0, 0.1) is 5.82 Å². The molecule has 4 aromatic rings. The highest BCUT2D eigenvalue weighted by Gasteiger charge is 2.58. The third kappa shape index (κ3) is 6.26. The molecule has 0 saturated heterocycles. The first-order valence-electron chi connectivity index (χ1n) is 15.7. The van der Waals surface area contributed by atoms with Gasteiger partial charge in [0, 0.05) is 34.8 Å². The van der Waals surface area contributed by atoms with Crippen LogP contribution in [0.4, 0.5) is 17.6 Å². The number of fused-ring (bicyclic) bond motifs is 2. The number of carbonyl (C=O) groups is 2. The number of hydrogen-bond donors (Lipinski definition) is 3. The van der Waals surface area contributed by atoms with Crippen molar-refractivity contribution in [2.45, 2.75) is 62.8 Å². The van der Waals surface area contributed by atoms with Crippen LogP contribution in [0.15, 0.2) is 60.8 Å². The first kappa shape index (κ1) is 33.1. The number of hydrogen-bond acceptors (Lipinski definition) is 7. The molecule has 3 heterocycles. The van der Waals surface area contributed by atoms with E-state index in [1.807, 2.05) is 6.92 Å². The molecule has 0 radical (unpaired) electrons. The van der Waals surface area contributed by atoms with E-state index >= 15 is 0 Å². The lowest BCUT2D eigenvalue weighted by Crippen LogP contribution is -2.52. The van der Waals surface area contributed by atoms with E-state index in [2.05, 4.69) is 20.6 Å². The molecule has 0 unspecified atom stereocenters. The fraction of sp³-hybridized carbons (Fsp3) is 0.371. The summed E-state index contributed by atoms with van der Waals surface area (Å²) in [6.45, 7) is 2.31. The number of alkyl halides is 3. The smallest absolute Gasteiger partial charge is 0.424 e. The minimum Gasteiger partial charge on any atom is -0.489 e. The van der Waals surface area contributed by atoms with E-state index in [4.69, 9.17) is 9.47 Å². The standard InChI is InChI=1S/C35H34F4N4O5/c1-3-4-13-41-32(45)33(2)19-47-30-25(33)17-27(43-29(30)20-7-9-23(36)10-8-20)34(46,35(37,38)39)18-42-31(44)22-15-21-6-5-14-40-28(21)26(16-22)48-24-11-12-24/h5-10,14-17,24,46H,3-4,11-13,18-19H2,1-2H3,(H,41,45)(H,42,44)/t33-,34-/m0/s1. The van der Waals surface area contributed by atoms with Gasteiger partial charge >= 0.3 is 6.18 Å². The number of ether oxygens (including phenoxy) is 2. The number of amides is 2. The van der Waals surface area contributed by atoms with Gasteiger partial charge in [-0.3, -0.25) is 14.6 Å². The summed E-state index contributed by atoms with van der Waals surface area (Å²) in [4.78, 5) is 35.3. The molecule has 6 rings (SSSR count). The van der Waals surface area contributed by atoms with Gasteiger partial charge in [-0.1, -0.05) is 19.4 Å². The lowest BCUT2D eigenvalue weighted by molar-refractivity contribution is -0.265. The number of pyridine rings is 2. The van der Waals surface area contributed by atoms with Crippen LogP contribution in [0.25, 0.3) is 22.2 Å². The summed E-state index contributed by atoms with van der Waals surface area (Å²) in [5.41, 5.74) is -5.35. The maximum atomic E-state index is 14.9. The summed E-state index contributed by atoms with van der Waals surface area (Å²) in [6, 6.07) is 12.1. The molecule has 1 fully saturated rings. The molecule has 2 aliphatic rings. The van der Waals surface area contributed by atoms with E-state index in [1.165, 1.54) is 31.2 Å². The van der Waals surface area contributed by atoms with E-state index in [0.717, 1.165) is 37.5 Å². The number of carbonyl (C=O) groups excluding carboxylic acids is 2. The predicted molar refractivity (Wildman–Crippen MR) is 168 cm³/mol. The van der Waals surface area contributed by atoms with Gasteiger partial charge in [-0.05, 0) is 74.7 Å². The minimum atomic E-state index is -5.34. The van der Waals surface area contributed by atoms with Crippen molar-refractivity contribution < 1.29 is 41.7 Å². The summed E-state index contributed by atoms with van der Waals surface area (Å²) < 4.78 is 70.4. The van der Waals surface area contributed by atoms with Crippen molar-refractivity contribution in [2.75, 3.05) is 19.7 Å². The summed E-state index contributed by atoms with van der Waals surface area (Å²) in [7, 11) is 0. The molecule has 9 nitrogen and oxygen atoms in total. The van der Waals surface area contributed by atoms with Gasteiger partial charge < -0.3 is 25.2 Å². The van der Waals surface area contributed by atoms with Gasteiger partial charge in [0.1, 0.15) is 40.5 Å². The Kier molecular flexibility index (Phi) is 8.75. The van der Waals surface area contributed by atoms with Crippen molar-refractivity contribution in [1.82, 2.24) is 20.6 Å². The zero-order chi connectivity index (χ0) is 34.3. The molecule has 1 aliphatic carbocycles. The highest BCUT2D eigenvalue weighted by molar-refractivity contribution is 6.00. The SMILES string of the molecule is CCCCNC(=O)[C@@]1(C)COc2c1cc([C@@](O)(CNC(=O)c1cc(OC3CC3)c3ncccc3c1)C(F)(F)F)nc2-c1ccc(F)cc1. The molecule has 0 spiro atoms. The Balaban J connectivity index is 1.39. The molecule has 2 atom stereocenters. The number of nitrogens with one attached hydrogen (secondary N) is 2. The van der Waals surface area contributed by atoms with E-state index in [-0.39, 0.29) is 40.8 Å². The third-order valence-electron chi connectivity index (χ3n) is 8.65. The molecule has 3 N–H and O–H groups in total. The number of rotatable bonds is 11. The number of halogens is 4. The number of unbranched alkanes of at least 4 members (excludes halogenated alkanes) is 1. The lowest BCUT2D eigenvalue weighted by atomic mass is 9.81. The maximum Gasteiger partial charge on any atom is 0.424 e. The molecule has 13 heteroatoms. The highest BCUT2D eigenvalue weighted by Crippen LogP contribution is 2.48. The number of aliphatic hydroxyl groups is 1. The first-order chi connectivity index (χ1) is 22.8. The molecule has 1 aliphatic heterocycles. The first-order valence-corrected chi connectivity index (χ1v) is 15.7. The molecule has 48 heavy (non-hydrogen) atoms. The van der Waals surface area contributed by atoms with Crippen molar-refractivity contribution in [3.63, 3.8) is 0 Å². The second-order valence-electron chi connectivity index (χ2n) is 12.4. The Labute approximate surface area is 273 Å². The summed E-state index contributed by atoms with van der Waals surface area (Å²) >= 11 is 0. The van der Waals surface area contributed by atoms with E-state index in [1.54, 1.807) is 18.3 Å². The van der Waals surface area contributed by atoms with Crippen LogP contribution >= 0.6 is 0 Å². The summed E-state index contributed by atoms with van der Waals surface area (Å²) in [5.74, 6) is -1.59. The second-order valence-corrected chi connectivity index (χ2v) is 12.4. The Bertz CT molecular complexity index is 1860. The Hall–Kier alpha value is -4.78. The van der Waals surface area contributed by atoms with Crippen molar-refractivity contribution in [2.24, 2.45) is 0 Å². The van der Waals surface area contributed by atoms with Crippen LogP contribution in [0.5, 0.6) is 11.5 Å². The van der Waals surface area contributed by atoms with Gasteiger partial charge in [0.25, 0.3) is 5.91 Å². The normalized spacial score (nSPS) is 18.5. The molecule has 252 valence electrons. The quantitative estimate of drug-likeness (QED) is 0.138. The predicted octanol–water partition coefficient (Wildman–Crippen LogP) is 5.72. The summed E-state index contributed by atoms with van der Waals surface area (Å²) in [5, 5.41) is 17.0. The van der Waals surface area contributed by atoms with Gasteiger partial charge in [0.2, 0.25) is 11.5 Å². The van der Waals surface area contributed by atoms with E-state index in [0.29, 0.717) is 29.6 Å². The molecule has 2 aromatic heterocycles. The second kappa shape index (κ2) is 12.7. The van der Waals surface area contributed by atoms with E-state index in [9.17, 15) is 32.3 Å². The molecule has 2 aromatic carbocycles. The fourth-order valence-corrected chi connectivity index (χ4v) is 5.55. The van der Waals surface area contributed by atoms with Crippen LogP contribution in [-0.2, 0) is 15.8 Å². The topological polar surface area (TPSA) is 123 Å². The lowest BCUT2D eigenvalue weighted by Gasteiger charge is -2.31. The minimum absolute atomic E-state index is 0.00862. The average molecular weight is 667 g/mol. The molecule has 1 saturated carbocycles. The highest BCUT2D eigenvalue weighted by atomic mass is 19.4. The molecular formula is C35H34F4N4O5. The maximum absolute atomic E-state index is 14.9. The summed E-state index contributed by atoms with van der Waals surface area (Å²) in [6.07, 6.45) is -0.638.